The molecule has 0 bridgehead atoms. The van der Waals surface area contributed by atoms with Gasteiger partial charge in [-0.25, -0.2) is 0 Å². The second-order valence-corrected chi connectivity index (χ2v) is 4.07. The van der Waals surface area contributed by atoms with Gasteiger partial charge in [0, 0.05) is 12.6 Å². The van der Waals surface area contributed by atoms with E-state index in [1.165, 1.54) is 0 Å². The number of rotatable bonds is 8. The average Bonchev–Trinajstić information content (AvgIpc) is 2.11. The summed E-state index contributed by atoms with van der Waals surface area (Å²) in [5, 5.41) is 3.50. The predicted octanol–water partition coefficient (Wildman–Crippen LogP) is 2.75. The summed E-state index contributed by atoms with van der Waals surface area (Å²) < 4.78 is 5.73. The Kier molecular flexibility index (Phi) is 6.85. The van der Waals surface area contributed by atoms with Crippen LogP contribution in [0.5, 0.6) is 0 Å². The van der Waals surface area contributed by atoms with Crippen LogP contribution in [0.2, 0.25) is 0 Å². The zero-order valence-corrected chi connectivity index (χ0v) is 10.1. The molecule has 0 aliphatic carbocycles. The van der Waals surface area contributed by atoms with E-state index in [1.807, 2.05) is 13.0 Å². The van der Waals surface area contributed by atoms with E-state index in [-0.39, 0.29) is 5.60 Å². The van der Waals surface area contributed by atoms with Crippen LogP contribution in [-0.4, -0.2) is 24.8 Å². The quantitative estimate of drug-likeness (QED) is 0.607. The number of hydrogen-bond acceptors (Lipinski definition) is 2. The molecule has 0 spiro atoms. The van der Waals surface area contributed by atoms with Crippen molar-refractivity contribution in [1.82, 2.24) is 5.32 Å². The van der Waals surface area contributed by atoms with Crippen LogP contribution in [0.3, 0.4) is 0 Å². The van der Waals surface area contributed by atoms with E-state index in [0.29, 0.717) is 6.04 Å². The van der Waals surface area contributed by atoms with Gasteiger partial charge in [0.2, 0.25) is 0 Å². The van der Waals surface area contributed by atoms with E-state index in [1.54, 1.807) is 0 Å². The van der Waals surface area contributed by atoms with Crippen LogP contribution in [-0.2, 0) is 4.74 Å². The van der Waals surface area contributed by atoms with Gasteiger partial charge in [-0.1, -0.05) is 13.0 Å². The zero-order chi connectivity index (χ0) is 11.0. The van der Waals surface area contributed by atoms with E-state index in [4.69, 9.17) is 4.74 Å². The number of hydrogen-bond donors (Lipinski definition) is 1. The molecule has 0 saturated heterocycles. The maximum atomic E-state index is 5.73. The molecule has 1 unspecified atom stereocenters. The summed E-state index contributed by atoms with van der Waals surface area (Å²) in [5.41, 5.74) is -0.113. The second kappa shape index (κ2) is 7.02. The maximum Gasteiger partial charge on any atom is 0.0781 e. The largest absolute Gasteiger partial charge is 0.374 e. The van der Waals surface area contributed by atoms with Crippen LogP contribution in [0.15, 0.2) is 12.7 Å². The van der Waals surface area contributed by atoms with Crippen LogP contribution in [0, 0.1) is 0 Å². The number of ether oxygens (including phenoxy) is 1. The molecule has 0 aliphatic rings. The Morgan fingerprint density at radius 1 is 1.43 bits per heavy atom. The fourth-order valence-electron chi connectivity index (χ4n) is 1.57. The fraction of sp³-hybridized carbons (Fsp3) is 0.833. The Bertz CT molecular complexity index is 154. The molecule has 0 fully saturated rings. The third kappa shape index (κ3) is 4.77. The van der Waals surface area contributed by atoms with Crippen molar-refractivity contribution in [3.8, 4) is 0 Å². The van der Waals surface area contributed by atoms with Gasteiger partial charge in [0.1, 0.15) is 0 Å². The lowest BCUT2D eigenvalue weighted by atomic mass is 9.95. The molecule has 0 aromatic heterocycles. The molecule has 0 aromatic carbocycles. The smallest absolute Gasteiger partial charge is 0.0781 e. The molecule has 84 valence electrons. The Hall–Kier alpha value is -0.340. The molecule has 1 N–H and O–H groups in total. The highest BCUT2D eigenvalue weighted by Crippen LogP contribution is 2.17. The minimum absolute atomic E-state index is 0.113. The molecule has 14 heavy (non-hydrogen) atoms. The Morgan fingerprint density at radius 3 is 2.50 bits per heavy atom. The molecule has 2 heteroatoms. The van der Waals surface area contributed by atoms with E-state index < -0.39 is 0 Å². The molecule has 0 amide bonds. The van der Waals surface area contributed by atoms with E-state index >= 15 is 0 Å². The van der Waals surface area contributed by atoms with Crippen molar-refractivity contribution >= 4 is 0 Å². The zero-order valence-electron chi connectivity index (χ0n) is 10.1. The van der Waals surface area contributed by atoms with Gasteiger partial charge in [-0.3, -0.25) is 0 Å². The Labute approximate surface area is 88.7 Å². The highest BCUT2D eigenvalue weighted by molar-refractivity contribution is 4.90. The fourth-order valence-corrected chi connectivity index (χ4v) is 1.57. The molecule has 0 aromatic rings. The standard InChI is InChI=1S/C12H25NO/c1-6-9-11(13-10-7-2)12(4,5)14-8-3/h6,11,13H,1,7-10H2,2-5H3. The average molecular weight is 199 g/mol. The molecule has 1 atom stereocenters. The van der Waals surface area contributed by atoms with Crippen molar-refractivity contribution in [1.29, 1.82) is 0 Å². The predicted molar refractivity (Wildman–Crippen MR) is 62.6 cm³/mol. The van der Waals surface area contributed by atoms with Gasteiger partial charge in [-0.15, -0.1) is 6.58 Å². The summed E-state index contributed by atoms with van der Waals surface area (Å²) in [6.07, 6.45) is 4.05. The first-order chi connectivity index (χ1) is 6.58. The minimum Gasteiger partial charge on any atom is -0.374 e. The van der Waals surface area contributed by atoms with Crippen molar-refractivity contribution in [3.63, 3.8) is 0 Å². The minimum atomic E-state index is -0.113. The maximum absolute atomic E-state index is 5.73. The van der Waals surface area contributed by atoms with Gasteiger partial charge >= 0.3 is 0 Å². The molecular formula is C12H25NO. The normalized spacial score (nSPS) is 14.0. The lowest BCUT2D eigenvalue weighted by molar-refractivity contribution is -0.0373. The van der Waals surface area contributed by atoms with Crippen LogP contribution in [0.4, 0.5) is 0 Å². The third-order valence-electron chi connectivity index (χ3n) is 2.40. The molecule has 0 rings (SSSR count). The first kappa shape index (κ1) is 13.7. The summed E-state index contributed by atoms with van der Waals surface area (Å²) in [6, 6.07) is 0.361. The van der Waals surface area contributed by atoms with Crippen molar-refractivity contribution in [2.75, 3.05) is 13.2 Å². The van der Waals surface area contributed by atoms with E-state index in [0.717, 1.165) is 26.0 Å². The van der Waals surface area contributed by atoms with Gasteiger partial charge in [0.05, 0.1) is 5.60 Å². The SMILES string of the molecule is C=CCC(NCCC)C(C)(C)OCC. The van der Waals surface area contributed by atoms with Crippen LogP contribution < -0.4 is 5.32 Å². The molecule has 0 aliphatic heterocycles. The number of nitrogens with one attached hydrogen (secondary N) is 1. The second-order valence-electron chi connectivity index (χ2n) is 4.07. The summed E-state index contributed by atoms with van der Waals surface area (Å²) in [6.45, 7) is 14.1. The molecule has 0 saturated carbocycles. The van der Waals surface area contributed by atoms with Crippen molar-refractivity contribution in [2.45, 2.75) is 52.2 Å². The Morgan fingerprint density at radius 2 is 2.07 bits per heavy atom. The highest BCUT2D eigenvalue weighted by atomic mass is 16.5. The Balaban J connectivity index is 4.21. The summed E-state index contributed by atoms with van der Waals surface area (Å²) >= 11 is 0. The highest BCUT2D eigenvalue weighted by Gasteiger charge is 2.28. The lowest BCUT2D eigenvalue weighted by Crippen LogP contribution is -2.48. The summed E-state index contributed by atoms with van der Waals surface area (Å²) in [7, 11) is 0. The van der Waals surface area contributed by atoms with Gasteiger partial charge < -0.3 is 10.1 Å². The van der Waals surface area contributed by atoms with Crippen LogP contribution >= 0.6 is 0 Å². The third-order valence-corrected chi connectivity index (χ3v) is 2.40. The van der Waals surface area contributed by atoms with Crippen molar-refractivity contribution < 1.29 is 4.74 Å². The van der Waals surface area contributed by atoms with E-state index in [2.05, 4.69) is 32.7 Å². The van der Waals surface area contributed by atoms with Gasteiger partial charge in [-0.05, 0) is 40.2 Å². The molecular weight excluding hydrogens is 174 g/mol. The van der Waals surface area contributed by atoms with Gasteiger partial charge in [0.15, 0.2) is 0 Å². The lowest BCUT2D eigenvalue weighted by Gasteiger charge is -2.34. The van der Waals surface area contributed by atoms with Crippen LogP contribution in [0.1, 0.15) is 40.5 Å². The van der Waals surface area contributed by atoms with Gasteiger partial charge in [0.25, 0.3) is 0 Å². The van der Waals surface area contributed by atoms with Crippen molar-refractivity contribution in [3.05, 3.63) is 12.7 Å². The first-order valence-corrected chi connectivity index (χ1v) is 5.56. The van der Waals surface area contributed by atoms with Crippen LogP contribution in [0.25, 0.3) is 0 Å². The van der Waals surface area contributed by atoms with Crippen molar-refractivity contribution in [2.24, 2.45) is 0 Å². The van der Waals surface area contributed by atoms with E-state index in [9.17, 15) is 0 Å². The summed E-state index contributed by atoms with van der Waals surface area (Å²) in [5.74, 6) is 0. The monoisotopic (exact) mass is 199 g/mol. The molecule has 0 heterocycles. The topological polar surface area (TPSA) is 21.3 Å². The first-order valence-electron chi connectivity index (χ1n) is 5.56. The molecule has 0 radical (unpaired) electrons. The molecule has 2 nitrogen and oxygen atoms in total. The summed E-state index contributed by atoms with van der Waals surface area (Å²) in [4.78, 5) is 0. The van der Waals surface area contributed by atoms with Gasteiger partial charge in [-0.2, -0.15) is 0 Å².